The topological polar surface area (TPSA) is 55.1 Å². The normalized spacial score (nSPS) is 12.1. The zero-order valence-corrected chi connectivity index (χ0v) is 11.0. The zero-order chi connectivity index (χ0) is 12.5. The van der Waals surface area contributed by atoms with Crippen LogP contribution in [0.25, 0.3) is 0 Å². The Kier molecular flexibility index (Phi) is 6.74. The molecule has 0 spiro atoms. The molecule has 0 aliphatic heterocycles. The van der Waals surface area contributed by atoms with Crippen molar-refractivity contribution in [1.29, 1.82) is 0 Å². The summed E-state index contributed by atoms with van der Waals surface area (Å²) in [6.45, 7) is 2.08. The summed E-state index contributed by atoms with van der Waals surface area (Å²) in [6.07, 6.45) is 1.53. The second kappa shape index (κ2) is 8.14. The van der Waals surface area contributed by atoms with Gasteiger partial charge in [-0.2, -0.15) is 11.8 Å². The molecule has 17 heavy (non-hydrogen) atoms. The van der Waals surface area contributed by atoms with Gasteiger partial charge in [0.25, 0.3) is 0 Å². The molecule has 94 valence electrons. The van der Waals surface area contributed by atoms with Crippen LogP contribution in [-0.4, -0.2) is 23.5 Å². The summed E-state index contributed by atoms with van der Waals surface area (Å²) < 4.78 is 0. The lowest BCUT2D eigenvalue weighted by molar-refractivity contribution is -0.115. The number of anilines is 1. The number of amides is 1. The molecule has 0 saturated carbocycles. The van der Waals surface area contributed by atoms with E-state index in [0.29, 0.717) is 6.42 Å². The summed E-state index contributed by atoms with van der Waals surface area (Å²) in [5.74, 6) is 1.82. The molecule has 1 aromatic rings. The van der Waals surface area contributed by atoms with Crippen LogP contribution in [0.4, 0.5) is 5.69 Å². The monoisotopic (exact) mass is 252 g/mol. The largest absolute Gasteiger partial charge is 0.327 e. The van der Waals surface area contributed by atoms with Crippen LogP contribution in [0.15, 0.2) is 30.3 Å². The summed E-state index contributed by atoms with van der Waals surface area (Å²) in [5.41, 5.74) is 6.65. The number of thioether (sulfide) groups is 1. The molecule has 1 unspecified atom stereocenters. The number of hydrogen-bond donors (Lipinski definition) is 2. The minimum Gasteiger partial charge on any atom is -0.327 e. The number of carbonyl (C=O) groups excluding carboxylic acids is 1. The average molecular weight is 252 g/mol. The molecule has 0 aromatic heterocycles. The van der Waals surface area contributed by atoms with Gasteiger partial charge in [0.1, 0.15) is 0 Å². The van der Waals surface area contributed by atoms with E-state index in [4.69, 9.17) is 5.73 Å². The van der Waals surface area contributed by atoms with E-state index in [1.54, 1.807) is 11.8 Å². The third-order valence-corrected chi connectivity index (χ3v) is 3.54. The average Bonchev–Trinajstić information content (AvgIpc) is 2.35. The smallest absolute Gasteiger partial charge is 0.225 e. The molecule has 0 aliphatic rings. The molecule has 1 amide bonds. The molecule has 1 atom stereocenters. The van der Waals surface area contributed by atoms with Crippen LogP contribution in [0.3, 0.4) is 0 Å². The predicted octanol–water partition coefficient (Wildman–Crippen LogP) is 2.49. The first-order valence-corrected chi connectivity index (χ1v) is 7.06. The van der Waals surface area contributed by atoms with E-state index < -0.39 is 0 Å². The molecular weight excluding hydrogens is 232 g/mol. The van der Waals surface area contributed by atoms with Crippen LogP contribution in [0.1, 0.15) is 19.8 Å². The minimum absolute atomic E-state index is 0.0637. The van der Waals surface area contributed by atoms with Gasteiger partial charge in [-0.1, -0.05) is 25.1 Å². The van der Waals surface area contributed by atoms with Crippen LogP contribution in [0.5, 0.6) is 0 Å². The van der Waals surface area contributed by atoms with E-state index in [1.165, 1.54) is 0 Å². The number of hydrogen-bond acceptors (Lipinski definition) is 3. The van der Waals surface area contributed by atoms with Gasteiger partial charge in [-0.05, 0) is 18.6 Å². The Labute approximate surface area is 107 Å². The highest BCUT2D eigenvalue weighted by molar-refractivity contribution is 7.99. The molecule has 0 bridgehead atoms. The zero-order valence-electron chi connectivity index (χ0n) is 10.2. The molecule has 1 aromatic carbocycles. The fourth-order valence-electron chi connectivity index (χ4n) is 1.26. The third-order valence-electron chi connectivity index (χ3n) is 2.39. The Morgan fingerprint density at radius 3 is 2.76 bits per heavy atom. The SMILES string of the molecule is CCC(N)CSCCC(=O)Nc1ccccc1. The van der Waals surface area contributed by atoms with Crippen molar-refractivity contribution in [3.8, 4) is 0 Å². The fraction of sp³-hybridized carbons (Fsp3) is 0.462. The molecule has 0 aliphatic carbocycles. The van der Waals surface area contributed by atoms with Crippen molar-refractivity contribution in [3.05, 3.63) is 30.3 Å². The number of para-hydroxylation sites is 1. The Hall–Kier alpha value is -1.00. The summed E-state index contributed by atoms with van der Waals surface area (Å²) in [7, 11) is 0. The van der Waals surface area contributed by atoms with Crippen molar-refractivity contribution >= 4 is 23.4 Å². The van der Waals surface area contributed by atoms with Crippen LogP contribution >= 0.6 is 11.8 Å². The van der Waals surface area contributed by atoms with Gasteiger partial charge < -0.3 is 11.1 Å². The molecule has 0 heterocycles. The van der Waals surface area contributed by atoms with E-state index in [9.17, 15) is 4.79 Å². The van der Waals surface area contributed by atoms with Crippen molar-refractivity contribution in [2.75, 3.05) is 16.8 Å². The van der Waals surface area contributed by atoms with Crippen molar-refractivity contribution in [2.45, 2.75) is 25.8 Å². The van der Waals surface area contributed by atoms with Gasteiger partial charge in [0.15, 0.2) is 0 Å². The highest BCUT2D eigenvalue weighted by Crippen LogP contribution is 2.09. The second-order valence-electron chi connectivity index (χ2n) is 3.91. The van der Waals surface area contributed by atoms with Crippen molar-refractivity contribution in [1.82, 2.24) is 0 Å². The van der Waals surface area contributed by atoms with Gasteiger partial charge in [-0.15, -0.1) is 0 Å². The third kappa shape index (κ3) is 6.34. The van der Waals surface area contributed by atoms with Gasteiger partial charge >= 0.3 is 0 Å². The van der Waals surface area contributed by atoms with E-state index >= 15 is 0 Å². The van der Waals surface area contributed by atoms with Gasteiger partial charge in [0.05, 0.1) is 0 Å². The van der Waals surface area contributed by atoms with E-state index in [-0.39, 0.29) is 11.9 Å². The van der Waals surface area contributed by atoms with Gasteiger partial charge in [0, 0.05) is 29.7 Å². The second-order valence-corrected chi connectivity index (χ2v) is 5.06. The highest BCUT2D eigenvalue weighted by atomic mass is 32.2. The van der Waals surface area contributed by atoms with Crippen molar-refractivity contribution in [3.63, 3.8) is 0 Å². The number of nitrogens with two attached hydrogens (primary N) is 1. The molecule has 3 nitrogen and oxygen atoms in total. The Balaban J connectivity index is 2.14. The summed E-state index contributed by atoms with van der Waals surface area (Å²) >= 11 is 1.74. The molecule has 1 rings (SSSR count). The maximum Gasteiger partial charge on any atom is 0.225 e. The highest BCUT2D eigenvalue weighted by Gasteiger charge is 2.03. The Morgan fingerprint density at radius 2 is 2.12 bits per heavy atom. The minimum atomic E-state index is 0.0637. The lowest BCUT2D eigenvalue weighted by Crippen LogP contribution is -2.22. The van der Waals surface area contributed by atoms with E-state index in [1.807, 2.05) is 30.3 Å². The number of nitrogens with one attached hydrogen (secondary N) is 1. The standard InChI is InChI=1S/C13H20N2OS/c1-2-11(14)10-17-9-8-13(16)15-12-6-4-3-5-7-12/h3-7,11H,2,8-10,14H2,1H3,(H,15,16). The molecule has 0 radical (unpaired) electrons. The van der Waals surface area contributed by atoms with Crippen molar-refractivity contribution in [2.24, 2.45) is 5.73 Å². The maximum absolute atomic E-state index is 11.6. The molecule has 0 saturated heterocycles. The lowest BCUT2D eigenvalue weighted by atomic mass is 10.3. The van der Waals surface area contributed by atoms with Crippen molar-refractivity contribution < 1.29 is 4.79 Å². The quantitative estimate of drug-likeness (QED) is 0.733. The van der Waals surface area contributed by atoms with Crippen LogP contribution in [0.2, 0.25) is 0 Å². The van der Waals surface area contributed by atoms with Crippen LogP contribution in [-0.2, 0) is 4.79 Å². The Bertz CT molecular complexity index is 329. The fourth-order valence-corrected chi connectivity index (χ4v) is 2.30. The van der Waals surface area contributed by atoms with Crippen LogP contribution < -0.4 is 11.1 Å². The first kappa shape index (κ1) is 14.1. The van der Waals surface area contributed by atoms with Crippen LogP contribution in [0, 0.1) is 0 Å². The molecule has 0 fully saturated rings. The lowest BCUT2D eigenvalue weighted by Gasteiger charge is -2.08. The molecule has 4 heteroatoms. The first-order chi connectivity index (χ1) is 8.22. The summed E-state index contributed by atoms with van der Waals surface area (Å²) in [6, 6.07) is 9.76. The number of rotatable bonds is 7. The molecular formula is C13H20N2OS. The predicted molar refractivity (Wildman–Crippen MR) is 75.3 cm³/mol. The number of benzene rings is 1. The van der Waals surface area contributed by atoms with Gasteiger partial charge in [-0.3, -0.25) is 4.79 Å². The number of carbonyl (C=O) groups is 1. The Morgan fingerprint density at radius 1 is 1.41 bits per heavy atom. The maximum atomic E-state index is 11.6. The van der Waals surface area contributed by atoms with E-state index in [2.05, 4.69) is 12.2 Å². The van der Waals surface area contributed by atoms with Gasteiger partial charge in [0.2, 0.25) is 5.91 Å². The summed E-state index contributed by atoms with van der Waals surface area (Å²) in [5, 5.41) is 2.86. The summed E-state index contributed by atoms with van der Waals surface area (Å²) in [4.78, 5) is 11.6. The van der Waals surface area contributed by atoms with Gasteiger partial charge in [-0.25, -0.2) is 0 Å². The first-order valence-electron chi connectivity index (χ1n) is 5.90. The van der Waals surface area contributed by atoms with E-state index in [0.717, 1.165) is 23.6 Å². The molecule has 3 N–H and O–H groups in total.